The van der Waals surface area contributed by atoms with Gasteiger partial charge in [0.2, 0.25) is 11.7 Å². The minimum absolute atomic E-state index is 0.0565. The molecule has 0 saturated carbocycles. The predicted molar refractivity (Wildman–Crippen MR) is 121 cm³/mol. The Balaban J connectivity index is 1.45. The number of carbonyl (C=O) groups excluding carboxylic acids is 1. The number of amides is 1. The number of hydrogen-bond donors (Lipinski definition) is 0. The zero-order valence-corrected chi connectivity index (χ0v) is 17.8. The lowest BCUT2D eigenvalue weighted by Crippen LogP contribution is -2.27. The fraction of sp³-hybridized carbons (Fsp3) is 0.192. The van der Waals surface area contributed by atoms with E-state index < -0.39 is 0 Å². The van der Waals surface area contributed by atoms with Crippen molar-refractivity contribution in [3.05, 3.63) is 107 Å². The number of aryl methyl sites for hydroxylation is 3. The Morgan fingerprint density at radius 2 is 1.71 bits per heavy atom. The summed E-state index contributed by atoms with van der Waals surface area (Å²) in [4.78, 5) is 19.2. The molecule has 0 fully saturated rings. The van der Waals surface area contributed by atoms with E-state index in [-0.39, 0.29) is 12.5 Å². The van der Waals surface area contributed by atoms with Gasteiger partial charge in [-0.3, -0.25) is 4.79 Å². The fourth-order valence-corrected chi connectivity index (χ4v) is 3.57. The highest BCUT2D eigenvalue weighted by Gasteiger charge is 2.18. The second-order valence-electron chi connectivity index (χ2n) is 7.69. The molecule has 5 nitrogen and oxygen atoms in total. The van der Waals surface area contributed by atoms with Gasteiger partial charge in [0.1, 0.15) is 0 Å². The van der Waals surface area contributed by atoms with E-state index in [0.717, 1.165) is 29.5 Å². The Kier molecular flexibility index (Phi) is 6.22. The molecule has 0 atom stereocenters. The molecule has 0 aliphatic carbocycles. The zero-order valence-electron chi connectivity index (χ0n) is 17.8. The van der Waals surface area contributed by atoms with Gasteiger partial charge in [-0.15, -0.1) is 0 Å². The number of rotatable bonds is 7. The van der Waals surface area contributed by atoms with Crippen LogP contribution >= 0.6 is 0 Å². The van der Waals surface area contributed by atoms with Crippen molar-refractivity contribution in [1.82, 2.24) is 15.0 Å². The molecule has 0 bridgehead atoms. The first kappa shape index (κ1) is 20.5. The Bertz CT molecular complexity index is 1170. The Morgan fingerprint density at radius 3 is 2.52 bits per heavy atom. The quantitative estimate of drug-likeness (QED) is 0.424. The van der Waals surface area contributed by atoms with Crippen LogP contribution < -0.4 is 0 Å². The third-order valence-electron chi connectivity index (χ3n) is 5.24. The molecule has 1 amide bonds. The van der Waals surface area contributed by atoms with Gasteiger partial charge >= 0.3 is 0 Å². The molecule has 3 aromatic carbocycles. The predicted octanol–water partition coefficient (Wildman–Crippen LogP) is 5.10. The summed E-state index contributed by atoms with van der Waals surface area (Å²) in [6.45, 7) is 2.27. The topological polar surface area (TPSA) is 59.2 Å². The SMILES string of the molecule is Cc1cccc(-c2noc(CN(C)C(=O)c3ccccc3CCc3ccccc3)n2)c1. The molecule has 4 rings (SSSR count). The largest absolute Gasteiger partial charge is 0.337 e. The van der Waals surface area contributed by atoms with Crippen molar-refractivity contribution in [2.75, 3.05) is 7.05 Å². The number of nitrogens with zero attached hydrogens (tertiary/aromatic N) is 3. The van der Waals surface area contributed by atoms with Crippen molar-refractivity contribution >= 4 is 5.91 Å². The summed E-state index contributed by atoms with van der Waals surface area (Å²) >= 11 is 0. The molecule has 0 aliphatic heterocycles. The van der Waals surface area contributed by atoms with Gasteiger partial charge in [-0.1, -0.05) is 77.5 Å². The minimum Gasteiger partial charge on any atom is -0.337 e. The van der Waals surface area contributed by atoms with Crippen molar-refractivity contribution in [1.29, 1.82) is 0 Å². The van der Waals surface area contributed by atoms with Gasteiger partial charge in [-0.05, 0) is 43.0 Å². The van der Waals surface area contributed by atoms with E-state index in [1.54, 1.807) is 11.9 Å². The van der Waals surface area contributed by atoms with Gasteiger partial charge in [0, 0.05) is 18.2 Å². The first-order valence-corrected chi connectivity index (χ1v) is 10.4. The van der Waals surface area contributed by atoms with Crippen molar-refractivity contribution in [2.24, 2.45) is 0 Å². The Labute approximate surface area is 182 Å². The molecule has 1 aromatic heterocycles. The highest BCUT2D eigenvalue weighted by Crippen LogP contribution is 2.19. The molecule has 0 unspecified atom stereocenters. The molecule has 31 heavy (non-hydrogen) atoms. The Morgan fingerprint density at radius 1 is 0.935 bits per heavy atom. The van der Waals surface area contributed by atoms with Crippen LogP contribution in [0, 0.1) is 6.92 Å². The van der Waals surface area contributed by atoms with E-state index in [1.165, 1.54) is 5.56 Å². The van der Waals surface area contributed by atoms with Crippen molar-refractivity contribution in [3.8, 4) is 11.4 Å². The van der Waals surface area contributed by atoms with Gasteiger partial charge in [0.15, 0.2) is 0 Å². The van der Waals surface area contributed by atoms with Crippen LogP contribution in [-0.4, -0.2) is 28.0 Å². The van der Waals surface area contributed by atoms with Crippen LogP contribution in [0.15, 0.2) is 83.4 Å². The highest BCUT2D eigenvalue weighted by molar-refractivity contribution is 5.95. The van der Waals surface area contributed by atoms with E-state index in [0.29, 0.717) is 17.3 Å². The molecule has 0 saturated heterocycles. The van der Waals surface area contributed by atoms with Gasteiger partial charge in [-0.25, -0.2) is 0 Å². The number of carbonyl (C=O) groups is 1. The average Bonchev–Trinajstić information content (AvgIpc) is 3.26. The maximum atomic E-state index is 13.1. The van der Waals surface area contributed by atoms with Crippen LogP contribution in [0.5, 0.6) is 0 Å². The van der Waals surface area contributed by atoms with Gasteiger partial charge in [0.05, 0.1) is 6.54 Å². The third kappa shape index (κ3) is 5.07. The smallest absolute Gasteiger partial charge is 0.254 e. The second kappa shape index (κ2) is 9.39. The monoisotopic (exact) mass is 411 g/mol. The molecular formula is C26H25N3O2. The van der Waals surface area contributed by atoms with Crippen LogP contribution in [0.3, 0.4) is 0 Å². The molecule has 1 heterocycles. The molecule has 5 heteroatoms. The van der Waals surface area contributed by atoms with Gasteiger partial charge < -0.3 is 9.42 Å². The molecule has 0 spiro atoms. The normalized spacial score (nSPS) is 10.8. The van der Waals surface area contributed by atoms with E-state index in [9.17, 15) is 4.79 Å². The zero-order chi connectivity index (χ0) is 21.6. The summed E-state index contributed by atoms with van der Waals surface area (Å²) in [7, 11) is 1.76. The Hall–Kier alpha value is -3.73. The lowest BCUT2D eigenvalue weighted by Gasteiger charge is -2.17. The van der Waals surface area contributed by atoms with Gasteiger partial charge in [-0.2, -0.15) is 4.98 Å². The van der Waals surface area contributed by atoms with Crippen molar-refractivity contribution in [3.63, 3.8) is 0 Å². The molecular weight excluding hydrogens is 386 g/mol. The third-order valence-corrected chi connectivity index (χ3v) is 5.24. The second-order valence-corrected chi connectivity index (χ2v) is 7.69. The summed E-state index contributed by atoms with van der Waals surface area (Å²) in [5.41, 5.74) is 5.03. The van der Waals surface area contributed by atoms with E-state index in [2.05, 4.69) is 22.3 Å². The lowest BCUT2D eigenvalue weighted by atomic mass is 9.99. The van der Waals surface area contributed by atoms with Crippen LogP contribution in [0.2, 0.25) is 0 Å². The first-order valence-electron chi connectivity index (χ1n) is 10.4. The number of hydrogen-bond acceptors (Lipinski definition) is 4. The maximum Gasteiger partial charge on any atom is 0.254 e. The average molecular weight is 412 g/mol. The summed E-state index contributed by atoms with van der Waals surface area (Å²) in [6.07, 6.45) is 1.69. The summed E-state index contributed by atoms with van der Waals surface area (Å²) in [5, 5.41) is 4.07. The van der Waals surface area contributed by atoms with Crippen molar-refractivity contribution in [2.45, 2.75) is 26.3 Å². The highest BCUT2D eigenvalue weighted by atomic mass is 16.5. The van der Waals surface area contributed by atoms with Crippen LogP contribution in [-0.2, 0) is 19.4 Å². The molecule has 0 aliphatic rings. The lowest BCUT2D eigenvalue weighted by molar-refractivity contribution is 0.0768. The number of benzene rings is 3. The van der Waals surface area contributed by atoms with Crippen molar-refractivity contribution < 1.29 is 9.32 Å². The summed E-state index contributed by atoms with van der Waals surface area (Å²) in [5.74, 6) is 0.885. The molecule has 0 radical (unpaired) electrons. The first-order chi connectivity index (χ1) is 15.1. The molecule has 156 valence electrons. The van der Waals surface area contributed by atoms with E-state index in [4.69, 9.17) is 4.52 Å². The summed E-state index contributed by atoms with van der Waals surface area (Å²) < 4.78 is 5.40. The minimum atomic E-state index is -0.0565. The van der Waals surface area contributed by atoms with Crippen LogP contribution in [0.4, 0.5) is 0 Å². The van der Waals surface area contributed by atoms with Gasteiger partial charge in [0.25, 0.3) is 5.91 Å². The number of aromatic nitrogens is 2. The molecule has 0 N–H and O–H groups in total. The van der Waals surface area contributed by atoms with E-state index in [1.807, 2.05) is 73.7 Å². The standard InChI is InChI=1S/C26H25N3O2/c1-19-9-8-13-22(17-19)25-27-24(31-28-25)18-29(2)26(30)23-14-7-6-12-21(23)16-15-20-10-4-3-5-11-20/h3-14,17H,15-16,18H2,1-2H3. The molecule has 4 aromatic rings. The fourth-order valence-electron chi connectivity index (χ4n) is 3.57. The van der Waals surface area contributed by atoms with Crippen LogP contribution in [0.1, 0.15) is 32.9 Å². The van der Waals surface area contributed by atoms with Crippen LogP contribution in [0.25, 0.3) is 11.4 Å². The maximum absolute atomic E-state index is 13.1. The summed E-state index contributed by atoms with van der Waals surface area (Å²) in [6, 6.07) is 26.0. The van der Waals surface area contributed by atoms with E-state index >= 15 is 0 Å².